The monoisotopic (exact) mass is 360 g/mol. The van der Waals surface area contributed by atoms with E-state index in [1.165, 1.54) is 0 Å². The van der Waals surface area contributed by atoms with Crippen LogP contribution in [0, 0.1) is 0 Å². The second-order valence-corrected chi connectivity index (χ2v) is 8.03. The fraction of sp³-hybridized carbons (Fsp3) is 0.889. The molecule has 0 spiro atoms. The maximum Gasteiger partial charge on any atom is 0.410 e. The minimum Gasteiger partial charge on any atom is -0.444 e. The number of ether oxygens (including phenoxy) is 2. The summed E-state index contributed by atoms with van der Waals surface area (Å²) in [4.78, 5) is 25.6. The Balaban J connectivity index is 4.42. The summed E-state index contributed by atoms with van der Waals surface area (Å²) >= 11 is 0. The molecule has 7 heteroatoms. The van der Waals surface area contributed by atoms with Crippen molar-refractivity contribution in [3.05, 3.63) is 0 Å². The van der Waals surface area contributed by atoms with Crippen molar-refractivity contribution < 1.29 is 24.2 Å². The maximum atomic E-state index is 12.3. The largest absolute Gasteiger partial charge is 0.444 e. The number of aliphatic hydroxyl groups excluding tert-OH is 1. The van der Waals surface area contributed by atoms with Gasteiger partial charge in [-0.15, -0.1) is 0 Å². The molecule has 7 nitrogen and oxygen atoms in total. The molecule has 0 fully saturated rings. The van der Waals surface area contributed by atoms with Crippen LogP contribution >= 0.6 is 0 Å². The predicted octanol–water partition coefficient (Wildman–Crippen LogP) is 3.30. The number of aliphatic hydroxyl groups is 1. The molecule has 0 aromatic heterocycles. The van der Waals surface area contributed by atoms with Gasteiger partial charge in [0.15, 0.2) is 0 Å². The standard InChI is InChI=1S/C18H36N2O5/c1-17(2,3)24-15(22)19-11-13-20(12-9-7-8-10-14-21)16(23)25-18(4,5)6/h21H,7-14H2,1-6H3,(H,19,22). The molecule has 0 atom stereocenters. The van der Waals surface area contributed by atoms with Gasteiger partial charge in [0.1, 0.15) is 11.2 Å². The van der Waals surface area contributed by atoms with Gasteiger partial charge in [-0.1, -0.05) is 12.8 Å². The van der Waals surface area contributed by atoms with Gasteiger partial charge in [0.25, 0.3) is 0 Å². The third-order valence-corrected chi connectivity index (χ3v) is 3.04. The first-order valence-corrected chi connectivity index (χ1v) is 9.00. The van der Waals surface area contributed by atoms with Gasteiger partial charge >= 0.3 is 12.2 Å². The average molecular weight is 360 g/mol. The minimum absolute atomic E-state index is 0.190. The Morgan fingerprint density at radius 1 is 0.880 bits per heavy atom. The third kappa shape index (κ3) is 14.5. The number of nitrogens with one attached hydrogen (secondary N) is 1. The van der Waals surface area contributed by atoms with Crippen LogP contribution in [0.3, 0.4) is 0 Å². The first-order chi connectivity index (χ1) is 11.4. The molecule has 0 aliphatic rings. The first-order valence-electron chi connectivity index (χ1n) is 9.00. The van der Waals surface area contributed by atoms with Crippen LogP contribution in [0.1, 0.15) is 67.2 Å². The Kier molecular flexibility index (Phi) is 10.5. The summed E-state index contributed by atoms with van der Waals surface area (Å²) in [5.74, 6) is 0. The molecule has 0 aromatic rings. The van der Waals surface area contributed by atoms with Crippen LogP contribution in [0.4, 0.5) is 9.59 Å². The zero-order chi connectivity index (χ0) is 19.5. The van der Waals surface area contributed by atoms with E-state index in [9.17, 15) is 9.59 Å². The molecule has 2 amide bonds. The van der Waals surface area contributed by atoms with Gasteiger partial charge in [-0.05, 0) is 54.4 Å². The van der Waals surface area contributed by atoms with Crippen LogP contribution in [0.2, 0.25) is 0 Å². The van der Waals surface area contributed by atoms with Crippen molar-refractivity contribution >= 4 is 12.2 Å². The van der Waals surface area contributed by atoms with E-state index in [4.69, 9.17) is 14.6 Å². The summed E-state index contributed by atoms with van der Waals surface area (Å²) in [6.45, 7) is 12.3. The number of carbonyl (C=O) groups is 2. The molecule has 0 aliphatic heterocycles. The fourth-order valence-corrected chi connectivity index (χ4v) is 2.00. The van der Waals surface area contributed by atoms with E-state index in [2.05, 4.69) is 5.32 Å². The van der Waals surface area contributed by atoms with E-state index in [0.717, 1.165) is 25.7 Å². The molecule has 0 rings (SSSR count). The number of rotatable bonds is 9. The number of nitrogens with zero attached hydrogens (tertiary/aromatic N) is 1. The highest BCUT2D eigenvalue weighted by molar-refractivity contribution is 5.69. The Bertz CT molecular complexity index is 399. The van der Waals surface area contributed by atoms with Crippen LogP contribution in [-0.2, 0) is 9.47 Å². The van der Waals surface area contributed by atoms with Crippen molar-refractivity contribution in [1.29, 1.82) is 0 Å². The molecule has 148 valence electrons. The first kappa shape index (κ1) is 23.5. The van der Waals surface area contributed by atoms with Gasteiger partial charge in [0.2, 0.25) is 0 Å². The van der Waals surface area contributed by atoms with E-state index in [1.54, 1.807) is 25.7 Å². The van der Waals surface area contributed by atoms with Gasteiger partial charge in [0.05, 0.1) is 0 Å². The van der Waals surface area contributed by atoms with Crippen molar-refractivity contribution in [2.75, 3.05) is 26.2 Å². The number of unbranched alkanes of at least 4 members (excludes halogenated alkanes) is 3. The highest BCUT2D eigenvalue weighted by atomic mass is 16.6. The molecular formula is C18H36N2O5. The molecular weight excluding hydrogens is 324 g/mol. The fourth-order valence-electron chi connectivity index (χ4n) is 2.00. The summed E-state index contributed by atoms with van der Waals surface area (Å²) in [6, 6.07) is 0. The van der Waals surface area contributed by atoms with E-state index >= 15 is 0 Å². The molecule has 0 radical (unpaired) electrons. The lowest BCUT2D eigenvalue weighted by molar-refractivity contribution is 0.0237. The van der Waals surface area contributed by atoms with Crippen LogP contribution in [0.5, 0.6) is 0 Å². The van der Waals surface area contributed by atoms with Crippen LogP contribution in [-0.4, -0.2) is 59.6 Å². The average Bonchev–Trinajstić information content (AvgIpc) is 2.41. The topological polar surface area (TPSA) is 88.1 Å². The summed E-state index contributed by atoms with van der Waals surface area (Å²) in [5.41, 5.74) is -1.12. The minimum atomic E-state index is -0.565. The van der Waals surface area contributed by atoms with Crippen molar-refractivity contribution in [3.63, 3.8) is 0 Å². The molecule has 0 unspecified atom stereocenters. The number of alkyl carbamates (subject to hydrolysis) is 1. The van der Waals surface area contributed by atoms with E-state index in [-0.39, 0.29) is 12.7 Å². The lowest BCUT2D eigenvalue weighted by Crippen LogP contribution is -2.42. The number of carbonyl (C=O) groups excluding carboxylic acids is 2. The number of hydrogen-bond acceptors (Lipinski definition) is 5. The molecule has 0 bridgehead atoms. The van der Waals surface area contributed by atoms with Gasteiger partial charge in [-0.3, -0.25) is 0 Å². The molecule has 0 heterocycles. The van der Waals surface area contributed by atoms with Crippen molar-refractivity contribution in [2.45, 2.75) is 78.4 Å². The normalized spacial score (nSPS) is 11.8. The van der Waals surface area contributed by atoms with Crippen LogP contribution in [0.15, 0.2) is 0 Å². The van der Waals surface area contributed by atoms with Crippen LogP contribution in [0.25, 0.3) is 0 Å². The lowest BCUT2D eigenvalue weighted by Gasteiger charge is -2.28. The highest BCUT2D eigenvalue weighted by Gasteiger charge is 2.22. The second-order valence-electron chi connectivity index (χ2n) is 8.03. The van der Waals surface area contributed by atoms with Gasteiger partial charge < -0.3 is 24.8 Å². The Labute approximate surface area is 152 Å². The van der Waals surface area contributed by atoms with E-state index in [1.807, 2.05) is 20.8 Å². The summed E-state index contributed by atoms with van der Waals surface area (Å²) in [5, 5.41) is 11.5. The van der Waals surface area contributed by atoms with Gasteiger partial charge in [0, 0.05) is 26.2 Å². The van der Waals surface area contributed by atoms with E-state index < -0.39 is 17.3 Å². The van der Waals surface area contributed by atoms with Crippen molar-refractivity contribution in [2.24, 2.45) is 0 Å². The number of amides is 2. The zero-order valence-corrected chi connectivity index (χ0v) is 16.7. The lowest BCUT2D eigenvalue weighted by atomic mass is 10.2. The highest BCUT2D eigenvalue weighted by Crippen LogP contribution is 2.11. The van der Waals surface area contributed by atoms with Gasteiger partial charge in [-0.2, -0.15) is 0 Å². The number of hydrogen-bond donors (Lipinski definition) is 2. The predicted molar refractivity (Wildman–Crippen MR) is 97.6 cm³/mol. The summed E-state index contributed by atoms with van der Waals surface area (Å²) < 4.78 is 10.6. The maximum absolute atomic E-state index is 12.3. The Morgan fingerprint density at radius 2 is 1.44 bits per heavy atom. The van der Waals surface area contributed by atoms with Crippen molar-refractivity contribution in [1.82, 2.24) is 10.2 Å². The smallest absolute Gasteiger partial charge is 0.410 e. The SMILES string of the molecule is CC(C)(C)OC(=O)NCCN(CCCCCCO)C(=O)OC(C)(C)C. The quantitative estimate of drug-likeness (QED) is 0.616. The van der Waals surface area contributed by atoms with Gasteiger partial charge in [-0.25, -0.2) is 9.59 Å². The Morgan fingerprint density at radius 3 is 1.96 bits per heavy atom. The zero-order valence-electron chi connectivity index (χ0n) is 16.7. The Hall–Kier alpha value is -1.50. The van der Waals surface area contributed by atoms with Crippen LogP contribution < -0.4 is 5.32 Å². The molecule has 0 saturated heterocycles. The van der Waals surface area contributed by atoms with E-state index in [0.29, 0.717) is 19.6 Å². The molecule has 0 aromatic carbocycles. The second kappa shape index (κ2) is 11.2. The molecule has 0 saturated carbocycles. The van der Waals surface area contributed by atoms with Crippen molar-refractivity contribution in [3.8, 4) is 0 Å². The molecule has 25 heavy (non-hydrogen) atoms. The third-order valence-electron chi connectivity index (χ3n) is 3.04. The summed E-state index contributed by atoms with van der Waals surface area (Å²) in [7, 11) is 0. The summed E-state index contributed by atoms with van der Waals surface area (Å²) in [6.07, 6.45) is 2.56. The molecule has 2 N–H and O–H groups in total. The molecule has 0 aliphatic carbocycles.